The smallest absolute Gasteiger partial charge is 0.327 e. The lowest BCUT2D eigenvalue weighted by atomic mass is 9.98. The summed E-state index contributed by atoms with van der Waals surface area (Å²) in [6.07, 6.45) is 3.66. The minimum absolute atomic E-state index is 0.0618. The van der Waals surface area contributed by atoms with E-state index in [0.717, 1.165) is 59.2 Å². The fraction of sp³-hybridized carbons (Fsp3) is 0.323. The van der Waals surface area contributed by atoms with Crippen LogP contribution < -0.4 is 20.3 Å². The first kappa shape index (κ1) is 26.2. The molecule has 6 rings (SSSR count). The van der Waals surface area contributed by atoms with E-state index >= 15 is 0 Å². The maximum Gasteiger partial charge on any atom is 0.327 e. The number of likely N-dealkylation sites (tertiary alicyclic amines) is 1. The Balaban J connectivity index is 1.22. The third kappa shape index (κ3) is 5.12. The Bertz CT molecular complexity index is 1500. The van der Waals surface area contributed by atoms with Gasteiger partial charge >= 0.3 is 6.03 Å². The van der Waals surface area contributed by atoms with Crippen LogP contribution in [0.4, 0.5) is 16.2 Å². The molecule has 2 N–H and O–H groups in total. The van der Waals surface area contributed by atoms with Crippen LogP contribution in [-0.4, -0.2) is 52.7 Å². The van der Waals surface area contributed by atoms with Crippen LogP contribution in [0.3, 0.4) is 0 Å². The first-order chi connectivity index (χ1) is 19.5. The van der Waals surface area contributed by atoms with E-state index in [0.29, 0.717) is 12.3 Å². The molecule has 8 nitrogen and oxygen atoms in total. The molecule has 4 heterocycles. The van der Waals surface area contributed by atoms with Gasteiger partial charge in [-0.1, -0.05) is 35.9 Å². The number of carbonyl (C=O) groups excluding carboxylic acids is 2. The molecule has 2 aromatic carbocycles. The number of benzene rings is 2. The van der Waals surface area contributed by atoms with Gasteiger partial charge in [-0.2, -0.15) is 0 Å². The Morgan fingerprint density at radius 1 is 1.18 bits per heavy atom. The highest BCUT2D eigenvalue weighted by Gasteiger charge is 2.47. The summed E-state index contributed by atoms with van der Waals surface area (Å²) >= 11 is 1.42. The first-order valence-corrected chi connectivity index (χ1v) is 14.4. The van der Waals surface area contributed by atoms with Gasteiger partial charge in [0.2, 0.25) is 5.91 Å². The largest absolute Gasteiger partial charge is 0.457 e. The molecular formula is C31H31N5O3S. The number of nitrogens with zero attached hydrogens (tertiary/aromatic N) is 3. The van der Waals surface area contributed by atoms with E-state index in [-0.39, 0.29) is 18.0 Å². The molecule has 3 atom stereocenters. The highest BCUT2D eigenvalue weighted by molar-refractivity contribution is 8.01. The highest BCUT2D eigenvalue weighted by atomic mass is 32.2. The maximum atomic E-state index is 13.6. The van der Waals surface area contributed by atoms with Crippen molar-refractivity contribution in [1.82, 2.24) is 20.5 Å². The van der Waals surface area contributed by atoms with Crippen LogP contribution in [-0.2, 0) is 4.79 Å². The molecular weight excluding hydrogens is 522 g/mol. The summed E-state index contributed by atoms with van der Waals surface area (Å²) in [5.41, 5.74) is 3.28. The standard InChI is InChI=1S/C31H31N5O3S/c1-3-4-16-35-17-8-9-21(19-35)33-29(37)28-27-26-25(14-15-32-30(26)40-28)36(31(38)34-27)24-13-12-23(18-20(24)2)39-22-10-6-5-7-11-22/h5-7,10-15,18,21,27-28H,8-9,16-17,19H2,1-2H3,(H,33,37)(H,34,38)/t21?,27?,28-/m1/s1. The number of aromatic nitrogens is 1. The molecule has 0 bridgehead atoms. The van der Waals surface area contributed by atoms with E-state index in [2.05, 4.69) is 32.4 Å². The highest BCUT2D eigenvalue weighted by Crippen LogP contribution is 2.51. The van der Waals surface area contributed by atoms with Gasteiger partial charge in [0.05, 0.1) is 24.0 Å². The molecule has 1 aromatic heterocycles. The first-order valence-electron chi connectivity index (χ1n) is 13.5. The summed E-state index contributed by atoms with van der Waals surface area (Å²) in [5, 5.41) is 6.65. The molecule has 3 aliphatic heterocycles. The molecule has 3 aromatic rings. The number of para-hydroxylation sites is 1. The van der Waals surface area contributed by atoms with E-state index in [1.165, 1.54) is 11.8 Å². The van der Waals surface area contributed by atoms with E-state index in [1.54, 1.807) is 11.1 Å². The van der Waals surface area contributed by atoms with Gasteiger partial charge in [0, 0.05) is 24.3 Å². The number of rotatable bonds is 6. The number of pyridine rings is 1. The topological polar surface area (TPSA) is 86.8 Å². The van der Waals surface area contributed by atoms with Gasteiger partial charge < -0.3 is 15.4 Å². The molecule has 3 aliphatic rings. The van der Waals surface area contributed by atoms with Gasteiger partial charge in [-0.3, -0.25) is 14.6 Å². The van der Waals surface area contributed by atoms with Crippen molar-refractivity contribution in [2.75, 3.05) is 24.5 Å². The summed E-state index contributed by atoms with van der Waals surface area (Å²) in [7, 11) is 0. The van der Waals surface area contributed by atoms with Gasteiger partial charge in [-0.25, -0.2) is 9.78 Å². The summed E-state index contributed by atoms with van der Waals surface area (Å²) in [4.78, 5) is 35.6. The van der Waals surface area contributed by atoms with Crippen molar-refractivity contribution >= 4 is 35.1 Å². The third-order valence-electron chi connectivity index (χ3n) is 7.48. The van der Waals surface area contributed by atoms with E-state index in [4.69, 9.17) is 4.74 Å². The number of piperidine rings is 1. The Morgan fingerprint density at radius 2 is 2.02 bits per heavy atom. The molecule has 2 unspecified atom stereocenters. The molecule has 0 aliphatic carbocycles. The van der Waals surface area contributed by atoms with Crippen molar-refractivity contribution in [1.29, 1.82) is 0 Å². The second kappa shape index (κ2) is 11.2. The van der Waals surface area contributed by atoms with Crippen molar-refractivity contribution in [3.05, 3.63) is 71.9 Å². The van der Waals surface area contributed by atoms with Crippen LogP contribution in [0.5, 0.6) is 11.5 Å². The zero-order valence-electron chi connectivity index (χ0n) is 22.5. The predicted octanol–water partition coefficient (Wildman–Crippen LogP) is 5.16. The quantitative estimate of drug-likeness (QED) is 0.410. The van der Waals surface area contributed by atoms with Crippen molar-refractivity contribution in [3.63, 3.8) is 0 Å². The second-order valence-corrected chi connectivity index (χ2v) is 11.4. The lowest BCUT2D eigenvalue weighted by Crippen LogP contribution is -2.53. The number of nitrogens with one attached hydrogen (secondary N) is 2. The monoisotopic (exact) mass is 553 g/mol. The number of ether oxygens (including phenoxy) is 1. The van der Waals surface area contributed by atoms with Crippen molar-refractivity contribution in [2.45, 2.75) is 49.0 Å². The Labute approximate surface area is 238 Å². The number of urea groups is 1. The molecule has 9 heteroatoms. The van der Waals surface area contributed by atoms with Crippen LogP contribution in [0, 0.1) is 18.8 Å². The molecule has 1 fully saturated rings. The average molecular weight is 554 g/mol. The van der Waals surface area contributed by atoms with Gasteiger partial charge in [0.25, 0.3) is 0 Å². The van der Waals surface area contributed by atoms with E-state index < -0.39 is 11.3 Å². The SMILES string of the molecule is CC#CCN1CCCC(NC(=O)[C@@H]2Sc3nccc4c3C2NC(=O)N4c2ccc(Oc3ccccc3)cc2C)C1. The lowest BCUT2D eigenvalue weighted by molar-refractivity contribution is -0.122. The molecule has 3 amide bonds. The molecule has 0 saturated carbocycles. The zero-order valence-corrected chi connectivity index (χ0v) is 23.3. The van der Waals surface area contributed by atoms with Gasteiger partial charge in [-0.05, 0) is 75.2 Å². The van der Waals surface area contributed by atoms with E-state index in [1.807, 2.05) is 68.4 Å². The fourth-order valence-electron chi connectivity index (χ4n) is 5.62. The average Bonchev–Trinajstić information content (AvgIpc) is 3.33. The minimum Gasteiger partial charge on any atom is -0.457 e. The predicted molar refractivity (Wildman–Crippen MR) is 156 cm³/mol. The molecule has 1 saturated heterocycles. The number of hydrogen-bond acceptors (Lipinski definition) is 6. The Hall–Kier alpha value is -4.00. The van der Waals surface area contributed by atoms with Crippen molar-refractivity contribution < 1.29 is 14.3 Å². The van der Waals surface area contributed by atoms with Crippen LogP contribution in [0.25, 0.3) is 0 Å². The number of hydrogen-bond donors (Lipinski definition) is 2. The minimum atomic E-state index is -0.483. The molecule has 0 spiro atoms. The van der Waals surface area contributed by atoms with Crippen LogP contribution in [0.1, 0.15) is 36.9 Å². The number of thioether (sulfide) groups is 1. The van der Waals surface area contributed by atoms with Crippen LogP contribution in [0.2, 0.25) is 0 Å². The summed E-state index contributed by atoms with van der Waals surface area (Å²) in [6.45, 7) is 6.29. The van der Waals surface area contributed by atoms with Crippen LogP contribution in [0.15, 0.2) is 65.8 Å². The van der Waals surface area contributed by atoms with E-state index in [9.17, 15) is 9.59 Å². The lowest BCUT2D eigenvalue weighted by Gasteiger charge is -2.36. The molecule has 40 heavy (non-hydrogen) atoms. The molecule has 0 radical (unpaired) electrons. The van der Waals surface area contributed by atoms with Crippen molar-refractivity contribution in [3.8, 4) is 23.3 Å². The zero-order chi connectivity index (χ0) is 27.6. The normalized spacial score (nSPS) is 21.6. The number of anilines is 2. The number of aryl methyl sites for hydroxylation is 1. The fourth-order valence-corrected chi connectivity index (χ4v) is 6.86. The second-order valence-electron chi connectivity index (χ2n) is 10.2. The van der Waals surface area contributed by atoms with Gasteiger partial charge in [0.1, 0.15) is 21.8 Å². The Morgan fingerprint density at radius 3 is 2.83 bits per heavy atom. The molecule has 204 valence electrons. The summed E-state index contributed by atoms with van der Waals surface area (Å²) < 4.78 is 5.99. The van der Waals surface area contributed by atoms with Gasteiger partial charge in [-0.15, -0.1) is 5.92 Å². The summed E-state index contributed by atoms with van der Waals surface area (Å²) in [6, 6.07) is 16.5. The van der Waals surface area contributed by atoms with Crippen LogP contribution >= 0.6 is 11.8 Å². The maximum absolute atomic E-state index is 13.6. The third-order valence-corrected chi connectivity index (χ3v) is 8.77. The summed E-state index contributed by atoms with van der Waals surface area (Å²) in [5.74, 6) is 7.44. The van der Waals surface area contributed by atoms with Crippen molar-refractivity contribution in [2.24, 2.45) is 0 Å². The number of carbonyl (C=O) groups is 2. The van der Waals surface area contributed by atoms with Gasteiger partial charge in [0.15, 0.2) is 0 Å². The Kier molecular flexibility index (Phi) is 7.37. The number of amides is 3.